The van der Waals surface area contributed by atoms with E-state index in [1.165, 1.54) is 32.1 Å². The van der Waals surface area contributed by atoms with Gasteiger partial charge in [-0.25, -0.2) is 0 Å². The summed E-state index contributed by atoms with van der Waals surface area (Å²) in [5, 5.41) is 30.8. The van der Waals surface area contributed by atoms with Gasteiger partial charge in [-0.2, -0.15) is 0 Å². The minimum atomic E-state index is -0.562. The molecule has 3 aliphatic rings. The molecule has 0 aliphatic heterocycles. The van der Waals surface area contributed by atoms with Crippen molar-refractivity contribution in [3.63, 3.8) is 0 Å². The third-order valence-corrected chi connectivity index (χ3v) is 9.76. The molecule has 0 aromatic carbocycles. The predicted molar refractivity (Wildman–Crippen MR) is 135 cm³/mol. The number of hydrogen-bond acceptors (Lipinski definition) is 4. The van der Waals surface area contributed by atoms with E-state index in [1.54, 1.807) is 5.57 Å². The highest BCUT2D eigenvalue weighted by Crippen LogP contribution is 2.58. The molecule has 4 nitrogen and oxygen atoms in total. The summed E-state index contributed by atoms with van der Waals surface area (Å²) in [5.74, 6) is 1.39. The van der Waals surface area contributed by atoms with Crippen molar-refractivity contribution in [2.45, 2.75) is 129 Å². The van der Waals surface area contributed by atoms with Crippen LogP contribution in [0.4, 0.5) is 0 Å². The van der Waals surface area contributed by atoms with E-state index < -0.39 is 17.8 Å². The summed E-state index contributed by atoms with van der Waals surface area (Å²) in [7, 11) is 0. The highest BCUT2D eigenvalue weighted by atomic mass is 16.5. The first-order valence-electron chi connectivity index (χ1n) is 13.7. The van der Waals surface area contributed by atoms with Gasteiger partial charge >= 0.3 is 0 Å². The van der Waals surface area contributed by atoms with Crippen LogP contribution in [0.2, 0.25) is 0 Å². The Morgan fingerprint density at radius 3 is 2.64 bits per heavy atom. The van der Waals surface area contributed by atoms with Crippen molar-refractivity contribution >= 4 is 0 Å². The van der Waals surface area contributed by atoms with Gasteiger partial charge in [0.1, 0.15) is 0 Å². The van der Waals surface area contributed by atoms with Crippen molar-refractivity contribution in [3.05, 3.63) is 23.8 Å². The fourth-order valence-electron chi connectivity index (χ4n) is 7.28. The minimum Gasteiger partial charge on any atom is -0.393 e. The molecule has 0 aromatic heterocycles. The summed E-state index contributed by atoms with van der Waals surface area (Å²) >= 11 is 0. The molecule has 33 heavy (non-hydrogen) atoms. The van der Waals surface area contributed by atoms with E-state index >= 15 is 0 Å². The molecule has 0 aromatic rings. The largest absolute Gasteiger partial charge is 0.393 e. The minimum absolute atomic E-state index is 0.189. The molecular formula is C29H50O4. The van der Waals surface area contributed by atoms with Crippen molar-refractivity contribution in [2.75, 3.05) is 6.61 Å². The first-order valence-corrected chi connectivity index (χ1v) is 13.7. The number of rotatable bonds is 10. The number of ether oxygens (including phenoxy) is 1. The van der Waals surface area contributed by atoms with E-state index in [-0.39, 0.29) is 12.0 Å². The van der Waals surface area contributed by atoms with Crippen molar-refractivity contribution in [2.24, 2.45) is 23.2 Å². The smallest absolute Gasteiger partial charge is 0.0774 e. The number of aliphatic hydroxyl groups excluding tert-OH is 2. The maximum atomic E-state index is 10.5. The van der Waals surface area contributed by atoms with Crippen LogP contribution in [0.5, 0.6) is 0 Å². The van der Waals surface area contributed by atoms with Gasteiger partial charge in [-0.3, -0.25) is 0 Å². The van der Waals surface area contributed by atoms with Crippen molar-refractivity contribution < 1.29 is 20.1 Å². The summed E-state index contributed by atoms with van der Waals surface area (Å²) < 4.78 is 6.35. The molecule has 3 N–H and O–H groups in total. The molecule has 0 amide bonds. The zero-order valence-electron chi connectivity index (χ0n) is 21.7. The second-order valence-corrected chi connectivity index (χ2v) is 11.6. The molecule has 1 unspecified atom stereocenters. The van der Waals surface area contributed by atoms with Crippen LogP contribution in [0.25, 0.3) is 0 Å². The second-order valence-electron chi connectivity index (χ2n) is 11.6. The Morgan fingerprint density at radius 2 is 1.94 bits per heavy atom. The van der Waals surface area contributed by atoms with Gasteiger partial charge < -0.3 is 20.1 Å². The summed E-state index contributed by atoms with van der Waals surface area (Å²) in [6.45, 7) is 13.7. The Bertz CT molecular complexity index is 681. The summed E-state index contributed by atoms with van der Waals surface area (Å²) in [5.41, 5.74) is 2.26. The average Bonchev–Trinajstić information content (AvgIpc) is 3.15. The van der Waals surface area contributed by atoms with Crippen LogP contribution in [0.3, 0.4) is 0 Å². The van der Waals surface area contributed by atoms with Gasteiger partial charge in [0.15, 0.2) is 0 Å². The topological polar surface area (TPSA) is 69.9 Å². The van der Waals surface area contributed by atoms with Gasteiger partial charge in [0.25, 0.3) is 0 Å². The molecule has 3 fully saturated rings. The van der Waals surface area contributed by atoms with Crippen LogP contribution in [0.1, 0.15) is 105 Å². The molecule has 0 saturated heterocycles. The van der Waals surface area contributed by atoms with Crippen LogP contribution in [-0.2, 0) is 4.74 Å². The second kappa shape index (κ2) is 11.4. The van der Waals surface area contributed by atoms with Crippen LogP contribution in [-0.4, -0.2) is 45.8 Å². The van der Waals surface area contributed by atoms with E-state index in [2.05, 4.69) is 40.3 Å². The van der Waals surface area contributed by atoms with Gasteiger partial charge in [0.2, 0.25) is 0 Å². The molecule has 190 valence electrons. The molecule has 0 heterocycles. The third-order valence-electron chi connectivity index (χ3n) is 9.76. The summed E-state index contributed by atoms with van der Waals surface area (Å²) in [6, 6.07) is 0. The van der Waals surface area contributed by atoms with Gasteiger partial charge in [0, 0.05) is 13.0 Å². The zero-order chi connectivity index (χ0) is 24.2. The fourth-order valence-corrected chi connectivity index (χ4v) is 7.28. The molecule has 3 saturated carbocycles. The first-order chi connectivity index (χ1) is 15.6. The lowest BCUT2D eigenvalue weighted by atomic mass is 9.62. The zero-order valence-corrected chi connectivity index (χ0v) is 21.7. The lowest BCUT2D eigenvalue weighted by Gasteiger charge is -2.44. The van der Waals surface area contributed by atoms with E-state index in [1.807, 2.05) is 0 Å². The molecule has 3 rings (SSSR count). The van der Waals surface area contributed by atoms with Gasteiger partial charge in [-0.15, -0.1) is 0 Å². The molecular weight excluding hydrogens is 412 g/mol. The molecule has 0 bridgehead atoms. The SMILES string of the molecule is C=C1C(CC=C2CCC[C@]3(C)[C@@H]([C@@H](C)OCCCC(O)(CC)CC)CC[C@@H]23)C[C@@H](O)C[C@@H]1O. The van der Waals surface area contributed by atoms with Crippen molar-refractivity contribution in [1.29, 1.82) is 0 Å². The number of allylic oxidation sites excluding steroid dienone is 2. The maximum Gasteiger partial charge on any atom is 0.0774 e. The molecule has 7 atom stereocenters. The lowest BCUT2D eigenvalue weighted by Crippen LogP contribution is -2.39. The highest BCUT2D eigenvalue weighted by molar-refractivity contribution is 5.21. The van der Waals surface area contributed by atoms with Crippen LogP contribution in [0.15, 0.2) is 23.8 Å². The first kappa shape index (κ1) is 26.9. The van der Waals surface area contributed by atoms with Crippen LogP contribution < -0.4 is 0 Å². The third kappa shape index (κ3) is 6.12. The molecule has 3 aliphatic carbocycles. The van der Waals surface area contributed by atoms with Crippen LogP contribution in [0, 0.1) is 23.2 Å². The average molecular weight is 463 g/mol. The maximum absolute atomic E-state index is 10.5. The molecule has 0 radical (unpaired) electrons. The van der Waals surface area contributed by atoms with Crippen molar-refractivity contribution in [1.82, 2.24) is 0 Å². The molecule has 4 heteroatoms. The Kier molecular flexibility index (Phi) is 9.27. The number of aliphatic hydroxyl groups is 3. The Labute approximate surface area is 202 Å². The van der Waals surface area contributed by atoms with E-state index in [9.17, 15) is 15.3 Å². The monoisotopic (exact) mass is 462 g/mol. The Morgan fingerprint density at radius 1 is 1.21 bits per heavy atom. The summed E-state index contributed by atoms with van der Waals surface area (Å²) in [4.78, 5) is 0. The summed E-state index contributed by atoms with van der Waals surface area (Å²) in [6.07, 6.45) is 13.3. The Balaban J connectivity index is 1.57. The van der Waals surface area contributed by atoms with Crippen LogP contribution >= 0.6 is 0 Å². The van der Waals surface area contributed by atoms with Crippen molar-refractivity contribution in [3.8, 4) is 0 Å². The highest BCUT2D eigenvalue weighted by Gasteiger charge is 2.51. The van der Waals surface area contributed by atoms with E-state index in [0.717, 1.165) is 50.7 Å². The lowest BCUT2D eigenvalue weighted by molar-refractivity contribution is -0.0366. The van der Waals surface area contributed by atoms with Gasteiger partial charge in [-0.1, -0.05) is 39.0 Å². The fraction of sp³-hybridized carbons (Fsp3) is 0.862. The van der Waals surface area contributed by atoms with Gasteiger partial charge in [0.05, 0.1) is 23.9 Å². The Hall–Kier alpha value is -0.680. The standard InChI is InChI=1S/C29H50O4/c1-6-29(32,7-2)16-9-17-33-21(4)25-13-14-26-22(10-8-15-28(25,26)5)11-12-23-18-24(30)19-27(31)20(23)3/h11,21,23-27,30-32H,3,6-10,12-19H2,1-2,4-5H3/t21-,23?,24-,25-,26+,27+,28-/m1/s1. The van der Waals surface area contributed by atoms with Gasteiger partial charge in [-0.05, 0) is 106 Å². The normalized spacial score (nSPS) is 37.4. The van der Waals surface area contributed by atoms with E-state index in [0.29, 0.717) is 23.7 Å². The number of fused-ring (bicyclic) bond motifs is 1. The quantitative estimate of drug-likeness (QED) is 0.277. The molecule has 0 spiro atoms. The van der Waals surface area contributed by atoms with E-state index in [4.69, 9.17) is 4.74 Å². The predicted octanol–water partition coefficient (Wildman–Crippen LogP) is 5.94. The number of hydrogen-bond donors (Lipinski definition) is 3.